The maximum absolute atomic E-state index is 13.4. The molecule has 0 saturated heterocycles. The van der Waals surface area contributed by atoms with Gasteiger partial charge in [0.25, 0.3) is 5.56 Å². The Labute approximate surface area is 195 Å². The maximum Gasteiger partial charge on any atom is 0.262 e. The fourth-order valence-electron chi connectivity index (χ4n) is 3.91. The average molecular weight is 467 g/mol. The van der Waals surface area contributed by atoms with Crippen molar-refractivity contribution in [3.8, 4) is 0 Å². The van der Waals surface area contributed by atoms with Crippen LogP contribution in [0.1, 0.15) is 20.3 Å². The molecule has 9 heteroatoms. The minimum Gasteiger partial charge on any atom is -0.385 e. The number of anilines is 2. The highest BCUT2D eigenvalue weighted by molar-refractivity contribution is 7.99. The van der Waals surface area contributed by atoms with Crippen LogP contribution in [0, 0.1) is 0 Å². The molecule has 8 nitrogen and oxygen atoms in total. The number of carbonyl (C=O) groups excluding carboxylic acids is 2. The van der Waals surface area contributed by atoms with Crippen molar-refractivity contribution in [1.29, 1.82) is 0 Å². The van der Waals surface area contributed by atoms with Gasteiger partial charge in [0.2, 0.25) is 11.8 Å². The van der Waals surface area contributed by atoms with Crippen LogP contribution < -0.4 is 15.8 Å². The van der Waals surface area contributed by atoms with Crippen molar-refractivity contribution in [3.05, 3.63) is 58.9 Å². The number of nitrogens with one attached hydrogen (secondary N) is 1. The summed E-state index contributed by atoms with van der Waals surface area (Å²) in [5.41, 5.74) is 0.635. The van der Waals surface area contributed by atoms with Gasteiger partial charge in [0.1, 0.15) is 5.54 Å². The molecule has 0 spiro atoms. The first kappa shape index (κ1) is 23.0. The molecule has 2 aromatic carbocycles. The summed E-state index contributed by atoms with van der Waals surface area (Å²) in [6, 6.07) is 14.4. The van der Waals surface area contributed by atoms with Crippen molar-refractivity contribution >= 4 is 45.9 Å². The average Bonchev–Trinajstić information content (AvgIpc) is 2.80. The van der Waals surface area contributed by atoms with Crippen LogP contribution in [0.4, 0.5) is 11.4 Å². The second kappa shape index (κ2) is 9.36. The minimum absolute atomic E-state index is 0.0279. The third kappa shape index (κ3) is 4.38. The molecule has 0 aliphatic carbocycles. The molecule has 172 valence electrons. The van der Waals surface area contributed by atoms with E-state index < -0.39 is 5.54 Å². The van der Waals surface area contributed by atoms with Crippen LogP contribution in [0.3, 0.4) is 0 Å². The Morgan fingerprint density at radius 3 is 2.64 bits per heavy atom. The number of hydrogen-bond acceptors (Lipinski definition) is 6. The summed E-state index contributed by atoms with van der Waals surface area (Å²) >= 11 is 1.20. The Kier molecular flexibility index (Phi) is 6.53. The molecule has 0 bridgehead atoms. The standard InChI is InChI=1S/C24H26N4O4S/c1-24(2)22(31)25-18-11-6-7-12-19(18)28(24)20(29)15-33-23-26-17-10-5-4-9-16(17)21(30)27(23)13-8-14-32-3/h4-7,9-12H,8,13-15H2,1-3H3,(H,25,31). The highest BCUT2D eigenvalue weighted by Gasteiger charge is 2.43. The predicted molar refractivity (Wildman–Crippen MR) is 130 cm³/mol. The molecule has 2 heterocycles. The van der Waals surface area contributed by atoms with Gasteiger partial charge >= 0.3 is 0 Å². The summed E-state index contributed by atoms with van der Waals surface area (Å²) in [4.78, 5) is 45.4. The van der Waals surface area contributed by atoms with Gasteiger partial charge in [0.15, 0.2) is 5.16 Å². The number of hydrogen-bond donors (Lipinski definition) is 1. The van der Waals surface area contributed by atoms with Gasteiger partial charge in [0, 0.05) is 20.3 Å². The Hall–Kier alpha value is -3.17. The van der Waals surface area contributed by atoms with E-state index in [2.05, 4.69) is 10.3 Å². The number of para-hydroxylation sites is 3. The highest BCUT2D eigenvalue weighted by atomic mass is 32.2. The number of methoxy groups -OCH3 is 1. The molecular weight excluding hydrogens is 440 g/mol. The quantitative estimate of drug-likeness (QED) is 0.326. The number of thioether (sulfide) groups is 1. The van der Waals surface area contributed by atoms with E-state index in [-0.39, 0.29) is 23.1 Å². The topological polar surface area (TPSA) is 93.5 Å². The summed E-state index contributed by atoms with van der Waals surface area (Å²) in [5.74, 6) is -0.460. The monoisotopic (exact) mass is 466 g/mol. The normalized spacial score (nSPS) is 14.8. The first-order valence-electron chi connectivity index (χ1n) is 10.7. The molecule has 4 rings (SSSR count). The molecule has 2 amide bonds. The molecule has 1 N–H and O–H groups in total. The SMILES string of the molecule is COCCCn1c(SCC(=O)N2c3ccccc3NC(=O)C2(C)C)nc2ccccc2c1=O. The molecule has 1 aliphatic heterocycles. The summed E-state index contributed by atoms with van der Waals surface area (Å²) < 4.78 is 6.73. The van der Waals surface area contributed by atoms with Crippen molar-refractivity contribution in [1.82, 2.24) is 9.55 Å². The van der Waals surface area contributed by atoms with Gasteiger partial charge in [-0.1, -0.05) is 36.0 Å². The summed E-state index contributed by atoms with van der Waals surface area (Å²) in [6.45, 7) is 4.38. The van der Waals surface area contributed by atoms with Crippen LogP contribution in [0.5, 0.6) is 0 Å². The lowest BCUT2D eigenvalue weighted by atomic mass is 9.96. The summed E-state index contributed by atoms with van der Waals surface area (Å²) in [7, 11) is 1.62. The Morgan fingerprint density at radius 2 is 1.85 bits per heavy atom. The van der Waals surface area contributed by atoms with Gasteiger partial charge in [-0.3, -0.25) is 23.9 Å². The Morgan fingerprint density at radius 1 is 1.12 bits per heavy atom. The van der Waals surface area contributed by atoms with E-state index in [0.717, 1.165) is 0 Å². The zero-order chi connectivity index (χ0) is 23.6. The van der Waals surface area contributed by atoms with E-state index in [4.69, 9.17) is 4.74 Å². The molecule has 0 saturated carbocycles. The van der Waals surface area contributed by atoms with Crippen LogP contribution in [0.15, 0.2) is 58.5 Å². The van der Waals surface area contributed by atoms with Gasteiger partial charge in [-0.05, 0) is 44.5 Å². The Balaban J connectivity index is 1.65. The molecule has 33 heavy (non-hydrogen) atoms. The largest absolute Gasteiger partial charge is 0.385 e. The van der Waals surface area contributed by atoms with Crippen LogP contribution >= 0.6 is 11.8 Å². The number of fused-ring (bicyclic) bond motifs is 2. The van der Waals surface area contributed by atoms with Crippen molar-refractivity contribution < 1.29 is 14.3 Å². The molecule has 0 radical (unpaired) electrons. The number of rotatable bonds is 7. The number of nitrogens with zero attached hydrogens (tertiary/aromatic N) is 3. The maximum atomic E-state index is 13.4. The number of amides is 2. The zero-order valence-corrected chi connectivity index (χ0v) is 19.6. The van der Waals surface area contributed by atoms with Gasteiger partial charge in [-0.25, -0.2) is 4.98 Å². The van der Waals surface area contributed by atoms with Gasteiger partial charge < -0.3 is 10.1 Å². The first-order valence-corrected chi connectivity index (χ1v) is 11.7. The van der Waals surface area contributed by atoms with E-state index in [0.29, 0.717) is 47.0 Å². The lowest BCUT2D eigenvalue weighted by molar-refractivity contribution is -0.125. The number of ether oxygens (including phenoxy) is 1. The third-order valence-electron chi connectivity index (χ3n) is 5.64. The van der Waals surface area contributed by atoms with Crippen LogP contribution in [-0.4, -0.2) is 46.4 Å². The fraction of sp³-hybridized carbons (Fsp3) is 0.333. The fourth-order valence-corrected chi connectivity index (χ4v) is 4.79. The van der Waals surface area contributed by atoms with E-state index in [1.54, 1.807) is 43.7 Å². The molecular formula is C24H26N4O4S. The van der Waals surface area contributed by atoms with Crippen LogP contribution in [-0.2, 0) is 20.9 Å². The predicted octanol–water partition coefficient (Wildman–Crippen LogP) is 3.29. The third-order valence-corrected chi connectivity index (χ3v) is 6.60. The van der Waals surface area contributed by atoms with E-state index >= 15 is 0 Å². The number of carbonyl (C=O) groups is 2. The van der Waals surface area contributed by atoms with Crippen LogP contribution in [0.2, 0.25) is 0 Å². The number of aromatic nitrogens is 2. The molecule has 0 unspecified atom stereocenters. The van der Waals surface area contributed by atoms with E-state index in [1.807, 2.05) is 30.3 Å². The molecule has 3 aromatic rings. The highest BCUT2D eigenvalue weighted by Crippen LogP contribution is 2.37. The summed E-state index contributed by atoms with van der Waals surface area (Å²) in [6.07, 6.45) is 0.643. The molecule has 0 atom stereocenters. The van der Waals surface area contributed by atoms with E-state index in [9.17, 15) is 14.4 Å². The molecule has 0 fully saturated rings. The Bertz CT molecular complexity index is 1270. The van der Waals surface area contributed by atoms with E-state index in [1.165, 1.54) is 16.7 Å². The smallest absolute Gasteiger partial charge is 0.262 e. The van der Waals surface area contributed by atoms with Gasteiger partial charge in [0.05, 0.1) is 28.0 Å². The van der Waals surface area contributed by atoms with Crippen LogP contribution in [0.25, 0.3) is 10.9 Å². The van der Waals surface area contributed by atoms with Gasteiger partial charge in [-0.15, -0.1) is 0 Å². The molecule has 1 aliphatic rings. The second-order valence-corrected chi connectivity index (χ2v) is 9.21. The second-order valence-electron chi connectivity index (χ2n) is 8.26. The lowest BCUT2D eigenvalue weighted by Crippen LogP contribution is -2.59. The molecule has 1 aromatic heterocycles. The van der Waals surface area contributed by atoms with Crippen molar-refractivity contribution in [2.45, 2.75) is 37.5 Å². The van der Waals surface area contributed by atoms with Crippen molar-refractivity contribution in [3.63, 3.8) is 0 Å². The van der Waals surface area contributed by atoms with Crippen molar-refractivity contribution in [2.24, 2.45) is 0 Å². The number of benzene rings is 2. The lowest BCUT2D eigenvalue weighted by Gasteiger charge is -2.42. The first-order chi connectivity index (χ1) is 15.8. The summed E-state index contributed by atoms with van der Waals surface area (Å²) in [5, 5.41) is 3.87. The zero-order valence-electron chi connectivity index (χ0n) is 18.8. The van der Waals surface area contributed by atoms with Crippen molar-refractivity contribution in [2.75, 3.05) is 29.7 Å². The minimum atomic E-state index is -1.05. The van der Waals surface area contributed by atoms with Gasteiger partial charge in [-0.2, -0.15) is 0 Å².